The molecule has 58 valence electrons. The highest BCUT2D eigenvalue weighted by Crippen LogP contribution is 2.23. The van der Waals surface area contributed by atoms with Gasteiger partial charge in [0.1, 0.15) is 12.0 Å². The van der Waals surface area contributed by atoms with Crippen molar-refractivity contribution in [3.05, 3.63) is 21.4 Å². The van der Waals surface area contributed by atoms with Crippen LogP contribution in [0, 0.1) is 3.57 Å². The number of aliphatic hydroxyl groups is 1. The number of fused-ring (bicyclic) bond motifs is 1. The fourth-order valence-electron chi connectivity index (χ4n) is 1.18. The first kappa shape index (κ1) is 7.30. The van der Waals surface area contributed by atoms with E-state index in [2.05, 4.69) is 32.9 Å². The molecule has 1 aliphatic heterocycles. The van der Waals surface area contributed by atoms with Crippen LogP contribution < -0.4 is 5.32 Å². The van der Waals surface area contributed by atoms with Crippen LogP contribution in [0.2, 0.25) is 0 Å². The molecule has 11 heavy (non-hydrogen) atoms. The molecule has 0 aromatic carbocycles. The van der Waals surface area contributed by atoms with Gasteiger partial charge in [0.2, 0.25) is 0 Å². The van der Waals surface area contributed by atoms with E-state index in [9.17, 15) is 5.11 Å². The van der Waals surface area contributed by atoms with E-state index in [-0.39, 0.29) is 0 Å². The number of nitrogens with one attached hydrogen (secondary N) is 1. The van der Waals surface area contributed by atoms with Crippen LogP contribution in [0.15, 0.2) is 12.3 Å². The zero-order valence-corrected chi connectivity index (χ0v) is 7.87. The SMILES string of the molecule is OC1Cc2cc(I)cnc2N1. The second-order valence-electron chi connectivity index (χ2n) is 2.53. The Bertz CT molecular complexity index is 290. The molecule has 3 nitrogen and oxygen atoms in total. The van der Waals surface area contributed by atoms with Crippen LogP contribution in [0.1, 0.15) is 5.56 Å². The van der Waals surface area contributed by atoms with Gasteiger partial charge in [-0.05, 0) is 28.7 Å². The Morgan fingerprint density at radius 1 is 1.73 bits per heavy atom. The molecule has 1 unspecified atom stereocenters. The number of halogens is 1. The first-order valence-corrected chi connectivity index (χ1v) is 4.42. The molecule has 1 atom stereocenters. The summed E-state index contributed by atoms with van der Waals surface area (Å²) < 4.78 is 1.11. The van der Waals surface area contributed by atoms with E-state index in [1.54, 1.807) is 6.20 Å². The van der Waals surface area contributed by atoms with Crippen molar-refractivity contribution in [1.82, 2.24) is 4.98 Å². The molecule has 2 N–H and O–H groups in total. The molecule has 1 aromatic rings. The number of aliphatic hydroxyl groups excluding tert-OH is 1. The minimum atomic E-state index is -0.448. The minimum absolute atomic E-state index is 0.448. The summed E-state index contributed by atoms with van der Waals surface area (Å²) in [5.41, 5.74) is 1.10. The maximum atomic E-state index is 9.19. The quantitative estimate of drug-likeness (QED) is 0.685. The lowest BCUT2D eigenvalue weighted by atomic mass is 10.2. The summed E-state index contributed by atoms with van der Waals surface area (Å²) in [5, 5.41) is 12.1. The van der Waals surface area contributed by atoms with Crippen LogP contribution in [0.3, 0.4) is 0 Å². The van der Waals surface area contributed by atoms with E-state index >= 15 is 0 Å². The lowest BCUT2D eigenvalue weighted by Crippen LogP contribution is -2.13. The number of nitrogens with zero attached hydrogens (tertiary/aromatic N) is 1. The van der Waals surface area contributed by atoms with Crippen LogP contribution >= 0.6 is 22.6 Å². The molecule has 0 bridgehead atoms. The molecule has 1 aromatic heterocycles. The smallest absolute Gasteiger partial charge is 0.131 e. The number of anilines is 1. The third kappa shape index (κ3) is 1.32. The topological polar surface area (TPSA) is 45.2 Å². The van der Waals surface area contributed by atoms with Crippen LogP contribution in [-0.4, -0.2) is 16.3 Å². The lowest BCUT2D eigenvalue weighted by molar-refractivity contribution is 0.212. The van der Waals surface area contributed by atoms with Gasteiger partial charge < -0.3 is 10.4 Å². The highest BCUT2D eigenvalue weighted by molar-refractivity contribution is 14.1. The van der Waals surface area contributed by atoms with E-state index < -0.39 is 6.23 Å². The Labute approximate surface area is 78.0 Å². The summed E-state index contributed by atoms with van der Waals surface area (Å²) in [6.45, 7) is 0. The highest BCUT2D eigenvalue weighted by Gasteiger charge is 2.18. The second-order valence-corrected chi connectivity index (χ2v) is 3.77. The van der Waals surface area contributed by atoms with E-state index in [4.69, 9.17) is 0 Å². The van der Waals surface area contributed by atoms with Gasteiger partial charge in [-0.1, -0.05) is 0 Å². The molecule has 1 aliphatic rings. The molecular weight excluding hydrogens is 255 g/mol. The molecular formula is C7H7IN2O. The predicted octanol–water partition coefficient (Wildman–Crippen LogP) is 0.973. The summed E-state index contributed by atoms with van der Waals surface area (Å²) >= 11 is 2.21. The molecule has 4 heteroatoms. The van der Waals surface area contributed by atoms with Gasteiger partial charge in [-0.3, -0.25) is 0 Å². The van der Waals surface area contributed by atoms with Crippen molar-refractivity contribution < 1.29 is 5.11 Å². The average Bonchev–Trinajstić information content (AvgIpc) is 2.27. The lowest BCUT2D eigenvalue weighted by Gasteiger charge is -1.99. The van der Waals surface area contributed by atoms with Gasteiger partial charge in [-0.15, -0.1) is 0 Å². The van der Waals surface area contributed by atoms with E-state index in [0.717, 1.165) is 15.0 Å². The molecule has 0 fully saturated rings. The van der Waals surface area contributed by atoms with Crippen LogP contribution in [-0.2, 0) is 6.42 Å². The highest BCUT2D eigenvalue weighted by atomic mass is 127. The standard InChI is InChI=1S/C7H7IN2O/c8-5-1-4-2-6(11)10-7(4)9-3-5/h1,3,6,11H,2H2,(H,9,10). The molecule has 0 spiro atoms. The predicted molar refractivity (Wildman–Crippen MR) is 50.3 cm³/mol. The third-order valence-corrected chi connectivity index (χ3v) is 2.24. The normalized spacial score (nSPS) is 21.1. The molecule has 0 saturated heterocycles. The fourth-order valence-corrected chi connectivity index (χ4v) is 1.70. The summed E-state index contributed by atoms with van der Waals surface area (Å²) in [6.07, 6.45) is 2.00. The Morgan fingerprint density at radius 2 is 2.55 bits per heavy atom. The molecule has 0 aliphatic carbocycles. The van der Waals surface area contributed by atoms with Gasteiger partial charge in [0.25, 0.3) is 0 Å². The van der Waals surface area contributed by atoms with Crippen molar-refractivity contribution in [3.63, 3.8) is 0 Å². The van der Waals surface area contributed by atoms with Gasteiger partial charge in [-0.2, -0.15) is 0 Å². The minimum Gasteiger partial charge on any atom is -0.373 e. The summed E-state index contributed by atoms with van der Waals surface area (Å²) in [4.78, 5) is 4.13. The number of rotatable bonds is 0. The molecule has 2 rings (SSSR count). The third-order valence-electron chi connectivity index (χ3n) is 1.65. The first-order chi connectivity index (χ1) is 5.25. The fraction of sp³-hybridized carbons (Fsp3) is 0.286. The summed E-state index contributed by atoms with van der Waals surface area (Å²) in [6, 6.07) is 2.03. The van der Waals surface area contributed by atoms with Crippen LogP contribution in [0.5, 0.6) is 0 Å². The van der Waals surface area contributed by atoms with Crippen molar-refractivity contribution in [2.45, 2.75) is 12.6 Å². The number of hydrogen-bond donors (Lipinski definition) is 2. The van der Waals surface area contributed by atoms with Crippen molar-refractivity contribution >= 4 is 28.4 Å². The summed E-state index contributed by atoms with van der Waals surface area (Å²) in [5.74, 6) is 0.818. The largest absolute Gasteiger partial charge is 0.373 e. The molecule has 0 radical (unpaired) electrons. The van der Waals surface area contributed by atoms with Crippen LogP contribution in [0.4, 0.5) is 5.82 Å². The van der Waals surface area contributed by atoms with Crippen molar-refractivity contribution in [2.75, 3.05) is 5.32 Å². The number of hydrogen-bond acceptors (Lipinski definition) is 3. The van der Waals surface area contributed by atoms with E-state index in [1.165, 1.54) is 0 Å². The number of aromatic nitrogens is 1. The van der Waals surface area contributed by atoms with Gasteiger partial charge in [-0.25, -0.2) is 4.98 Å². The Kier molecular flexibility index (Phi) is 1.72. The zero-order chi connectivity index (χ0) is 7.84. The summed E-state index contributed by atoms with van der Waals surface area (Å²) in [7, 11) is 0. The van der Waals surface area contributed by atoms with Gasteiger partial charge in [0.15, 0.2) is 0 Å². The van der Waals surface area contributed by atoms with Gasteiger partial charge >= 0.3 is 0 Å². The number of pyridine rings is 1. The van der Waals surface area contributed by atoms with Crippen molar-refractivity contribution in [2.24, 2.45) is 0 Å². The van der Waals surface area contributed by atoms with Crippen molar-refractivity contribution in [3.8, 4) is 0 Å². The van der Waals surface area contributed by atoms with Gasteiger partial charge in [0, 0.05) is 21.8 Å². The maximum Gasteiger partial charge on any atom is 0.131 e. The molecule has 0 saturated carbocycles. The first-order valence-electron chi connectivity index (χ1n) is 3.35. The van der Waals surface area contributed by atoms with E-state index in [1.807, 2.05) is 6.07 Å². The van der Waals surface area contributed by atoms with Crippen molar-refractivity contribution in [1.29, 1.82) is 0 Å². The Morgan fingerprint density at radius 3 is 3.36 bits per heavy atom. The van der Waals surface area contributed by atoms with E-state index in [0.29, 0.717) is 6.42 Å². The second kappa shape index (κ2) is 2.60. The van der Waals surface area contributed by atoms with Gasteiger partial charge in [0.05, 0.1) is 0 Å². The monoisotopic (exact) mass is 262 g/mol. The van der Waals surface area contributed by atoms with Crippen LogP contribution in [0.25, 0.3) is 0 Å². The molecule has 2 heterocycles. The molecule has 0 amide bonds. The zero-order valence-electron chi connectivity index (χ0n) is 5.71. The maximum absolute atomic E-state index is 9.19. The Balaban J connectivity index is 2.43. The average molecular weight is 262 g/mol. The Hall–Kier alpha value is -0.360.